The SMILES string of the molecule is CC.CC.O=C(NCc1ccncc1)c1cc(C(=O)C(Br)c2cccc(Cl)c2)c[nH]1. The monoisotopic (exact) mass is 491 g/mol. The van der Waals surface area contributed by atoms with Gasteiger partial charge >= 0.3 is 0 Å². The van der Waals surface area contributed by atoms with E-state index in [4.69, 9.17) is 11.6 Å². The van der Waals surface area contributed by atoms with E-state index in [9.17, 15) is 9.59 Å². The second kappa shape index (κ2) is 13.7. The number of Topliss-reactive ketones (excluding diaryl/α,β-unsaturated/α-hetero) is 1. The molecule has 0 bridgehead atoms. The smallest absolute Gasteiger partial charge is 0.267 e. The summed E-state index contributed by atoms with van der Waals surface area (Å²) >= 11 is 9.38. The highest BCUT2D eigenvalue weighted by molar-refractivity contribution is 9.09. The number of amides is 1. The lowest BCUT2D eigenvalue weighted by molar-refractivity contribution is 0.0946. The highest BCUT2D eigenvalue weighted by Gasteiger charge is 2.21. The molecular formula is C23H27BrClN3O2. The number of pyridine rings is 1. The normalized spacial score (nSPS) is 10.6. The molecule has 0 saturated heterocycles. The van der Waals surface area contributed by atoms with Crippen molar-refractivity contribution in [2.45, 2.75) is 39.1 Å². The summed E-state index contributed by atoms with van der Waals surface area (Å²) in [4.78, 5) is 31.1. The van der Waals surface area contributed by atoms with Gasteiger partial charge in [-0.2, -0.15) is 0 Å². The number of carbonyl (C=O) groups excluding carboxylic acids is 2. The van der Waals surface area contributed by atoms with Crippen LogP contribution in [-0.4, -0.2) is 21.7 Å². The van der Waals surface area contributed by atoms with Gasteiger partial charge in [-0.3, -0.25) is 14.6 Å². The van der Waals surface area contributed by atoms with Crippen molar-refractivity contribution in [3.63, 3.8) is 0 Å². The van der Waals surface area contributed by atoms with Crippen molar-refractivity contribution in [1.82, 2.24) is 15.3 Å². The third-order valence-corrected chi connectivity index (χ3v) is 4.97. The fourth-order valence-corrected chi connectivity index (χ4v) is 3.16. The van der Waals surface area contributed by atoms with Crippen LogP contribution in [0.15, 0.2) is 61.1 Å². The second-order valence-corrected chi connectivity index (χ2v) is 6.97. The van der Waals surface area contributed by atoms with Gasteiger partial charge in [-0.15, -0.1) is 0 Å². The van der Waals surface area contributed by atoms with Crippen LogP contribution in [0.1, 0.15) is 64.5 Å². The number of hydrogen-bond acceptors (Lipinski definition) is 3. The largest absolute Gasteiger partial charge is 0.356 e. The molecule has 3 rings (SSSR count). The summed E-state index contributed by atoms with van der Waals surface area (Å²) < 4.78 is 0. The van der Waals surface area contributed by atoms with Gasteiger partial charge in [-0.25, -0.2) is 0 Å². The summed E-state index contributed by atoms with van der Waals surface area (Å²) in [6.07, 6.45) is 4.86. The number of alkyl halides is 1. The van der Waals surface area contributed by atoms with Crippen LogP contribution in [0.3, 0.4) is 0 Å². The molecule has 1 atom stereocenters. The van der Waals surface area contributed by atoms with Gasteiger partial charge in [0.25, 0.3) is 5.91 Å². The highest BCUT2D eigenvalue weighted by atomic mass is 79.9. The fourth-order valence-electron chi connectivity index (χ4n) is 2.41. The zero-order valence-corrected chi connectivity index (χ0v) is 19.9. The van der Waals surface area contributed by atoms with E-state index in [1.54, 1.807) is 36.7 Å². The van der Waals surface area contributed by atoms with E-state index in [0.29, 0.717) is 22.8 Å². The zero-order valence-electron chi connectivity index (χ0n) is 17.6. The summed E-state index contributed by atoms with van der Waals surface area (Å²) in [6, 6.07) is 12.3. The number of aromatic nitrogens is 2. The molecule has 30 heavy (non-hydrogen) atoms. The molecule has 0 saturated carbocycles. The summed E-state index contributed by atoms with van der Waals surface area (Å²) in [6.45, 7) is 8.38. The minimum atomic E-state index is -0.537. The van der Waals surface area contributed by atoms with E-state index in [-0.39, 0.29) is 11.7 Å². The third kappa shape index (κ3) is 7.43. The number of nitrogens with zero attached hydrogens (tertiary/aromatic N) is 1. The minimum Gasteiger partial charge on any atom is -0.356 e. The average molecular weight is 493 g/mol. The van der Waals surface area contributed by atoms with E-state index in [0.717, 1.165) is 11.1 Å². The number of benzene rings is 1. The van der Waals surface area contributed by atoms with Crippen molar-refractivity contribution >= 4 is 39.2 Å². The van der Waals surface area contributed by atoms with E-state index < -0.39 is 4.83 Å². The van der Waals surface area contributed by atoms with Crippen LogP contribution in [0.2, 0.25) is 5.02 Å². The van der Waals surface area contributed by atoms with Crippen molar-refractivity contribution in [2.75, 3.05) is 0 Å². The standard InChI is InChI=1S/C19H15BrClN3O2.2C2H6/c20-17(13-2-1-3-15(21)8-13)18(25)14-9-16(23-11-14)19(26)24-10-12-4-6-22-7-5-12;2*1-2/h1-9,11,17,23H,10H2,(H,24,26);2*1-2H3. The lowest BCUT2D eigenvalue weighted by atomic mass is 10.0. The number of aromatic amines is 1. The molecule has 7 heteroatoms. The molecule has 0 aliphatic rings. The molecular weight excluding hydrogens is 466 g/mol. The number of ketones is 1. The highest BCUT2D eigenvalue weighted by Crippen LogP contribution is 2.29. The summed E-state index contributed by atoms with van der Waals surface area (Å²) in [7, 11) is 0. The van der Waals surface area contributed by atoms with Crippen molar-refractivity contribution < 1.29 is 9.59 Å². The summed E-state index contributed by atoms with van der Waals surface area (Å²) in [5.41, 5.74) is 2.44. The Morgan fingerprint density at radius 1 is 1.10 bits per heavy atom. The second-order valence-electron chi connectivity index (χ2n) is 5.62. The Kier molecular flexibility index (Phi) is 11.7. The number of rotatable bonds is 6. The van der Waals surface area contributed by atoms with Crippen LogP contribution >= 0.6 is 27.5 Å². The molecule has 2 heterocycles. The van der Waals surface area contributed by atoms with Crippen molar-refractivity contribution in [1.29, 1.82) is 0 Å². The maximum atomic E-state index is 12.6. The molecule has 0 aliphatic heterocycles. The Morgan fingerprint density at radius 2 is 1.77 bits per heavy atom. The van der Waals surface area contributed by atoms with Gasteiger partial charge < -0.3 is 10.3 Å². The molecule has 0 radical (unpaired) electrons. The molecule has 2 aromatic heterocycles. The maximum absolute atomic E-state index is 12.6. The Morgan fingerprint density at radius 3 is 2.40 bits per heavy atom. The lowest BCUT2D eigenvalue weighted by Crippen LogP contribution is -2.23. The Hall–Kier alpha value is -2.44. The van der Waals surface area contributed by atoms with E-state index >= 15 is 0 Å². The molecule has 3 aromatic rings. The first-order valence-corrected chi connectivity index (χ1v) is 11.1. The Bertz CT molecular complexity index is 929. The predicted octanol–water partition coefficient (Wildman–Crippen LogP) is 6.36. The molecule has 2 N–H and O–H groups in total. The number of nitrogens with one attached hydrogen (secondary N) is 2. The molecule has 160 valence electrons. The van der Waals surface area contributed by atoms with Crippen LogP contribution in [0.5, 0.6) is 0 Å². The fraction of sp³-hybridized carbons (Fsp3) is 0.261. The predicted molar refractivity (Wildman–Crippen MR) is 126 cm³/mol. The zero-order chi connectivity index (χ0) is 22.5. The number of carbonyl (C=O) groups is 2. The first kappa shape index (κ1) is 25.6. The molecule has 0 aliphatic carbocycles. The molecule has 0 fully saturated rings. The van der Waals surface area contributed by atoms with E-state index in [1.807, 2.05) is 45.9 Å². The van der Waals surface area contributed by atoms with Crippen molar-refractivity contribution in [3.05, 3.63) is 88.5 Å². The minimum absolute atomic E-state index is 0.156. The molecule has 1 amide bonds. The van der Waals surface area contributed by atoms with Crippen LogP contribution in [-0.2, 0) is 6.54 Å². The molecule has 1 aromatic carbocycles. The third-order valence-electron chi connectivity index (χ3n) is 3.79. The lowest BCUT2D eigenvalue weighted by Gasteiger charge is -2.08. The molecule has 0 spiro atoms. The number of halogens is 2. The Labute approximate surface area is 191 Å². The number of H-pyrrole nitrogens is 1. The Balaban J connectivity index is 0.00000106. The molecule has 1 unspecified atom stereocenters. The van der Waals surface area contributed by atoms with Gasteiger partial charge in [0.1, 0.15) is 10.5 Å². The topological polar surface area (TPSA) is 74.8 Å². The first-order chi connectivity index (χ1) is 14.5. The van der Waals surface area contributed by atoms with Gasteiger partial charge in [-0.1, -0.05) is 67.4 Å². The van der Waals surface area contributed by atoms with Gasteiger partial charge in [0.15, 0.2) is 5.78 Å². The van der Waals surface area contributed by atoms with Gasteiger partial charge in [-0.05, 0) is 41.5 Å². The number of hydrogen-bond donors (Lipinski definition) is 2. The van der Waals surface area contributed by atoms with E-state index in [2.05, 4.69) is 31.2 Å². The van der Waals surface area contributed by atoms with Gasteiger partial charge in [0, 0.05) is 35.7 Å². The average Bonchev–Trinajstić information content (AvgIpc) is 3.30. The quantitative estimate of drug-likeness (QED) is 0.310. The summed E-state index contributed by atoms with van der Waals surface area (Å²) in [5.74, 6) is -0.438. The van der Waals surface area contributed by atoms with Crippen LogP contribution in [0.4, 0.5) is 0 Å². The molecule has 5 nitrogen and oxygen atoms in total. The van der Waals surface area contributed by atoms with Crippen molar-refractivity contribution in [2.24, 2.45) is 0 Å². The maximum Gasteiger partial charge on any atom is 0.267 e. The van der Waals surface area contributed by atoms with E-state index in [1.165, 1.54) is 6.20 Å². The van der Waals surface area contributed by atoms with Crippen molar-refractivity contribution in [3.8, 4) is 0 Å². The summed E-state index contributed by atoms with van der Waals surface area (Å²) in [5, 5.41) is 3.36. The van der Waals surface area contributed by atoms with Gasteiger partial charge in [0.05, 0.1) is 0 Å². The van der Waals surface area contributed by atoms with Gasteiger partial charge in [0.2, 0.25) is 0 Å². The van der Waals surface area contributed by atoms with Crippen LogP contribution in [0, 0.1) is 0 Å². The van der Waals surface area contributed by atoms with Crippen LogP contribution in [0.25, 0.3) is 0 Å². The van der Waals surface area contributed by atoms with Crippen LogP contribution < -0.4 is 5.32 Å². The first-order valence-electron chi connectivity index (χ1n) is 9.84.